The summed E-state index contributed by atoms with van der Waals surface area (Å²) >= 11 is 1.21. The van der Waals surface area contributed by atoms with E-state index in [0.717, 1.165) is 5.00 Å². The lowest BCUT2D eigenvalue weighted by Crippen LogP contribution is -2.24. The third-order valence-electron chi connectivity index (χ3n) is 1.30. The second-order valence-electron chi connectivity index (χ2n) is 2.92. The Labute approximate surface area is 81.3 Å². The predicted octanol–water partition coefficient (Wildman–Crippen LogP) is 0.383. The molecule has 0 spiro atoms. The van der Waals surface area contributed by atoms with Gasteiger partial charge in [-0.1, -0.05) is 4.49 Å². The molecule has 74 valence electrons. The van der Waals surface area contributed by atoms with E-state index in [0.29, 0.717) is 0 Å². The average molecular weight is 221 g/mol. The second kappa shape index (κ2) is 4.01. The van der Waals surface area contributed by atoms with E-state index in [4.69, 9.17) is 0 Å². The standard InChI is InChI=1S/C6H11N3O2S2/c1-5(4-13(2,10)11)8-6-3-7-9-12-6/h3,5,8H,4H2,1-2H3. The molecule has 0 saturated carbocycles. The van der Waals surface area contributed by atoms with Gasteiger partial charge in [0.1, 0.15) is 14.8 Å². The Bertz CT molecular complexity index is 346. The van der Waals surface area contributed by atoms with Crippen molar-refractivity contribution >= 4 is 26.4 Å². The molecule has 1 N–H and O–H groups in total. The van der Waals surface area contributed by atoms with E-state index >= 15 is 0 Å². The number of sulfone groups is 1. The molecule has 13 heavy (non-hydrogen) atoms. The lowest BCUT2D eigenvalue weighted by atomic mass is 10.4. The monoisotopic (exact) mass is 221 g/mol. The van der Waals surface area contributed by atoms with Crippen molar-refractivity contribution in [2.24, 2.45) is 0 Å². The maximum absolute atomic E-state index is 10.9. The Hall–Kier alpha value is -0.690. The summed E-state index contributed by atoms with van der Waals surface area (Å²) in [6, 6.07) is -0.114. The summed E-state index contributed by atoms with van der Waals surface area (Å²) in [6.45, 7) is 1.81. The molecule has 5 nitrogen and oxygen atoms in total. The topological polar surface area (TPSA) is 72.0 Å². The highest BCUT2D eigenvalue weighted by molar-refractivity contribution is 7.90. The van der Waals surface area contributed by atoms with Gasteiger partial charge < -0.3 is 5.32 Å². The number of hydrogen-bond donors (Lipinski definition) is 1. The zero-order valence-electron chi connectivity index (χ0n) is 7.39. The first kappa shape index (κ1) is 10.4. The average Bonchev–Trinajstić information content (AvgIpc) is 2.34. The summed E-state index contributed by atoms with van der Waals surface area (Å²) in [7, 11) is -2.93. The SMILES string of the molecule is CC(CS(C)(=O)=O)Nc1cnns1. The van der Waals surface area contributed by atoms with E-state index < -0.39 is 9.84 Å². The highest BCUT2D eigenvalue weighted by Crippen LogP contribution is 2.11. The van der Waals surface area contributed by atoms with Gasteiger partial charge in [-0.15, -0.1) is 5.10 Å². The minimum atomic E-state index is -2.93. The molecule has 1 rings (SSSR count). The van der Waals surface area contributed by atoms with Gasteiger partial charge in [0.15, 0.2) is 0 Å². The van der Waals surface area contributed by atoms with Gasteiger partial charge in [0, 0.05) is 23.8 Å². The third kappa shape index (κ3) is 4.18. The zero-order chi connectivity index (χ0) is 9.90. The van der Waals surface area contributed by atoms with Gasteiger partial charge >= 0.3 is 0 Å². The van der Waals surface area contributed by atoms with Crippen molar-refractivity contribution in [1.29, 1.82) is 0 Å². The van der Waals surface area contributed by atoms with Gasteiger partial charge in [0.05, 0.1) is 11.9 Å². The Morgan fingerprint density at radius 2 is 2.38 bits per heavy atom. The van der Waals surface area contributed by atoms with E-state index in [2.05, 4.69) is 14.9 Å². The number of hydrogen-bond acceptors (Lipinski definition) is 6. The van der Waals surface area contributed by atoms with Gasteiger partial charge in [-0.05, 0) is 6.92 Å². The molecule has 0 fully saturated rings. The molecule has 1 aromatic heterocycles. The van der Waals surface area contributed by atoms with E-state index in [1.807, 2.05) is 0 Å². The van der Waals surface area contributed by atoms with Crippen molar-refractivity contribution in [2.45, 2.75) is 13.0 Å². The molecule has 0 aromatic carbocycles. The van der Waals surface area contributed by atoms with Crippen LogP contribution in [0.15, 0.2) is 6.20 Å². The molecule has 1 unspecified atom stereocenters. The van der Waals surface area contributed by atoms with E-state index in [1.54, 1.807) is 13.1 Å². The van der Waals surface area contributed by atoms with Crippen LogP contribution in [0.5, 0.6) is 0 Å². The molecule has 0 amide bonds. The first-order valence-electron chi connectivity index (χ1n) is 3.69. The van der Waals surface area contributed by atoms with Crippen LogP contribution in [0.4, 0.5) is 5.00 Å². The van der Waals surface area contributed by atoms with Crippen LogP contribution in [0.1, 0.15) is 6.92 Å². The molecule has 1 heterocycles. The molecule has 0 saturated heterocycles. The van der Waals surface area contributed by atoms with Crippen LogP contribution in [-0.4, -0.2) is 36.1 Å². The Balaban J connectivity index is 2.47. The summed E-state index contributed by atoms with van der Waals surface area (Å²) < 4.78 is 25.5. The third-order valence-corrected chi connectivity index (χ3v) is 3.00. The summed E-state index contributed by atoms with van der Waals surface area (Å²) in [5.41, 5.74) is 0. The van der Waals surface area contributed by atoms with E-state index in [-0.39, 0.29) is 11.8 Å². The lowest BCUT2D eigenvalue weighted by Gasteiger charge is -2.10. The van der Waals surface area contributed by atoms with Crippen molar-refractivity contribution in [3.05, 3.63) is 6.20 Å². The first-order valence-corrected chi connectivity index (χ1v) is 6.52. The zero-order valence-corrected chi connectivity index (χ0v) is 9.02. The highest BCUT2D eigenvalue weighted by atomic mass is 32.2. The van der Waals surface area contributed by atoms with Crippen LogP contribution < -0.4 is 5.32 Å². The maximum Gasteiger partial charge on any atom is 0.149 e. The molecule has 0 aliphatic carbocycles. The number of aromatic nitrogens is 2. The van der Waals surface area contributed by atoms with Gasteiger partial charge in [0.2, 0.25) is 0 Å². The Kier molecular flexibility index (Phi) is 3.21. The van der Waals surface area contributed by atoms with Crippen molar-refractivity contribution in [3.63, 3.8) is 0 Å². The first-order chi connectivity index (χ1) is 5.97. The number of anilines is 1. The van der Waals surface area contributed by atoms with Gasteiger partial charge in [-0.2, -0.15) is 0 Å². The van der Waals surface area contributed by atoms with Gasteiger partial charge in [-0.25, -0.2) is 8.42 Å². The summed E-state index contributed by atoms with van der Waals surface area (Å²) in [5.74, 6) is 0.116. The normalized spacial score (nSPS) is 14.0. The van der Waals surface area contributed by atoms with Crippen LogP contribution >= 0.6 is 11.5 Å². The van der Waals surface area contributed by atoms with Crippen LogP contribution in [-0.2, 0) is 9.84 Å². The molecule has 7 heteroatoms. The molecular weight excluding hydrogens is 210 g/mol. The molecule has 0 aliphatic heterocycles. The quantitative estimate of drug-likeness (QED) is 0.796. The molecular formula is C6H11N3O2S2. The molecule has 1 aromatic rings. The van der Waals surface area contributed by atoms with Crippen molar-refractivity contribution < 1.29 is 8.42 Å². The number of nitrogens with zero attached hydrogens (tertiary/aromatic N) is 2. The van der Waals surface area contributed by atoms with Gasteiger partial charge in [0.25, 0.3) is 0 Å². The van der Waals surface area contributed by atoms with Crippen LogP contribution in [0.3, 0.4) is 0 Å². The minimum Gasteiger partial charge on any atom is -0.371 e. The predicted molar refractivity (Wildman–Crippen MR) is 52.7 cm³/mol. The molecule has 0 bridgehead atoms. The van der Waals surface area contributed by atoms with Crippen molar-refractivity contribution in [1.82, 2.24) is 9.59 Å². The fourth-order valence-corrected chi connectivity index (χ4v) is 2.49. The van der Waals surface area contributed by atoms with Gasteiger partial charge in [-0.3, -0.25) is 0 Å². The molecule has 0 radical (unpaired) electrons. The summed E-state index contributed by atoms with van der Waals surface area (Å²) in [4.78, 5) is 0. The van der Waals surface area contributed by atoms with Crippen LogP contribution in [0.2, 0.25) is 0 Å². The maximum atomic E-state index is 10.9. The molecule has 1 atom stereocenters. The Morgan fingerprint density at radius 3 is 2.85 bits per heavy atom. The molecule has 0 aliphatic rings. The van der Waals surface area contributed by atoms with Crippen LogP contribution in [0.25, 0.3) is 0 Å². The highest BCUT2D eigenvalue weighted by Gasteiger charge is 2.10. The lowest BCUT2D eigenvalue weighted by molar-refractivity contribution is 0.598. The van der Waals surface area contributed by atoms with E-state index in [9.17, 15) is 8.42 Å². The number of nitrogens with one attached hydrogen (secondary N) is 1. The van der Waals surface area contributed by atoms with Crippen LogP contribution in [0, 0.1) is 0 Å². The smallest absolute Gasteiger partial charge is 0.149 e. The minimum absolute atomic E-state index is 0.114. The summed E-state index contributed by atoms with van der Waals surface area (Å²) in [6.07, 6.45) is 2.79. The Morgan fingerprint density at radius 1 is 1.69 bits per heavy atom. The second-order valence-corrected chi connectivity index (χ2v) is 5.89. The van der Waals surface area contributed by atoms with E-state index in [1.165, 1.54) is 17.8 Å². The number of rotatable bonds is 4. The van der Waals surface area contributed by atoms with Crippen molar-refractivity contribution in [3.8, 4) is 0 Å². The fourth-order valence-electron chi connectivity index (χ4n) is 0.969. The largest absolute Gasteiger partial charge is 0.371 e. The fraction of sp³-hybridized carbons (Fsp3) is 0.667. The van der Waals surface area contributed by atoms with Crippen molar-refractivity contribution in [2.75, 3.05) is 17.3 Å². The summed E-state index contributed by atoms with van der Waals surface area (Å²) in [5, 5.41) is 7.41.